The summed E-state index contributed by atoms with van der Waals surface area (Å²) in [5, 5.41) is 5.74. The average Bonchev–Trinajstić information content (AvgIpc) is 2.74. The molecule has 1 saturated heterocycles. The average molecular weight is 471 g/mol. The summed E-state index contributed by atoms with van der Waals surface area (Å²) >= 11 is 0. The first-order valence-electron chi connectivity index (χ1n) is 10.4. The standard InChI is InChI=1S/C21H28F3N5O4/c1-5-11(2)16(32-19(31)13-9-7-6-8-10-13)17-14(21(22,23)24)15(27-12(3)30)18(25)20(4,33-17)28-29-26/h6-11,14-18H,5,25H2,1-4H3,(H,27,30)/t11-,14-,15-,16-,17?,18?,20-/m1/s1. The fourth-order valence-corrected chi connectivity index (χ4v) is 3.95. The Morgan fingerprint density at radius 3 is 2.45 bits per heavy atom. The second kappa shape index (κ2) is 10.4. The molecule has 0 spiro atoms. The topological polar surface area (TPSA) is 139 Å². The minimum absolute atomic E-state index is 0.151. The number of amides is 1. The first kappa shape index (κ1) is 26.4. The van der Waals surface area contributed by atoms with Crippen molar-refractivity contribution in [3.63, 3.8) is 0 Å². The van der Waals surface area contributed by atoms with Gasteiger partial charge in [0, 0.05) is 11.8 Å². The van der Waals surface area contributed by atoms with E-state index in [0.717, 1.165) is 6.92 Å². The molecule has 9 nitrogen and oxygen atoms in total. The fraction of sp³-hybridized carbons (Fsp3) is 0.619. The maximum absolute atomic E-state index is 14.4. The highest BCUT2D eigenvalue weighted by atomic mass is 19.4. The number of esters is 1. The van der Waals surface area contributed by atoms with Crippen LogP contribution in [0.4, 0.5) is 13.2 Å². The molecule has 0 aliphatic carbocycles. The van der Waals surface area contributed by atoms with E-state index in [4.69, 9.17) is 20.7 Å². The van der Waals surface area contributed by atoms with Gasteiger partial charge >= 0.3 is 12.1 Å². The number of ether oxygens (including phenoxy) is 2. The van der Waals surface area contributed by atoms with Crippen LogP contribution in [0.1, 0.15) is 44.5 Å². The highest BCUT2D eigenvalue weighted by Gasteiger charge is 2.62. The van der Waals surface area contributed by atoms with Crippen LogP contribution in [0, 0.1) is 11.8 Å². The van der Waals surface area contributed by atoms with Crippen LogP contribution in [0.15, 0.2) is 35.4 Å². The van der Waals surface area contributed by atoms with E-state index in [1.807, 2.05) is 0 Å². The summed E-state index contributed by atoms with van der Waals surface area (Å²) in [6, 6.07) is 4.58. The Balaban J connectivity index is 2.60. The molecule has 12 heteroatoms. The van der Waals surface area contributed by atoms with Crippen molar-refractivity contribution in [3.05, 3.63) is 46.3 Å². The summed E-state index contributed by atoms with van der Waals surface area (Å²) in [5.41, 5.74) is 13.2. The molecule has 1 aromatic rings. The van der Waals surface area contributed by atoms with Gasteiger partial charge in [-0.3, -0.25) is 4.79 Å². The van der Waals surface area contributed by atoms with Crippen molar-refractivity contribution in [2.24, 2.45) is 22.7 Å². The molecule has 0 radical (unpaired) electrons. The summed E-state index contributed by atoms with van der Waals surface area (Å²) in [4.78, 5) is 27.2. The van der Waals surface area contributed by atoms with E-state index in [2.05, 4.69) is 15.3 Å². The summed E-state index contributed by atoms with van der Waals surface area (Å²) in [6.45, 7) is 5.63. The molecule has 0 bridgehead atoms. The summed E-state index contributed by atoms with van der Waals surface area (Å²) < 4.78 is 54.3. The van der Waals surface area contributed by atoms with Gasteiger partial charge in [0.25, 0.3) is 0 Å². The molecule has 1 fully saturated rings. The van der Waals surface area contributed by atoms with Crippen molar-refractivity contribution in [1.82, 2.24) is 5.32 Å². The number of rotatable bonds is 7. The molecule has 7 atom stereocenters. The Bertz CT molecular complexity index is 894. The Hall–Kier alpha value is -2.82. The van der Waals surface area contributed by atoms with E-state index in [-0.39, 0.29) is 5.56 Å². The zero-order valence-electron chi connectivity index (χ0n) is 18.7. The predicted octanol–water partition coefficient (Wildman–Crippen LogP) is 3.69. The number of carbonyl (C=O) groups is 2. The van der Waals surface area contributed by atoms with Crippen molar-refractivity contribution in [2.75, 3.05) is 0 Å². The van der Waals surface area contributed by atoms with Crippen molar-refractivity contribution in [2.45, 2.75) is 70.3 Å². The third-order valence-electron chi connectivity index (χ3n) is 5.89. The van der Waals surface area contributed by atoms with Crippen LogP contribution in [-0.2, 0) is 14.3 Å². The molecule has 3 N–H and O–H groups in total. The molecule has 2 rings (SSSR count). The summed E-state index contributed by atoms with van der Waals surface area (Å²) in [6.07, 6.45) is -7.73. The quantitative estimate of drug-likeness (QED) is 0.270. The lowest BCUT2D eigenvalue weighted by atomic mass is 9.76. The number of nitrogens with zero attached hydrogens (tertiary/aromatic N) is 3. The smallest absolute Gasteiger partial charge is 0.396 e. The number of hydrogen-bond donors (Lipinski definition) is 2. The van der Waals surface area contributed by atoms with Crippen LogP contribution < -0.4 is 11.1 Å². The molecule has 1 heterocycles. The number of hydrogen-bond acceptors (Lipinski definition) is 6. The number of benzene rings is 1. The monoisotopic (exact) mass is 471 g/mol. The van der Waals surface area contributed by atoms with Gasteiger partial charge in [-0.1, -0.05) is 37.2 Å². The van der Waals surface area contributed by atoms with Gasteiger partial charge in [-0.15, -0.1) is 0 Å². The fourth-order valence-electron chi connectivity index (χ4n) is 3.95. The van der Waals surface area contributed by atoms with Crippen LogP contribution in [0.3, 0.4) is 0 Å². The second-order valence-corrected chi connectivity index (χ2v) is 8.27. The molecular formula is C21H28F3N5O4. The number of alkyl halides is 3. The highest BCUT2D eigenvalue weighted by molar-refractivity contribution is 5.89. The van der Waals surface area contributed by atoms with Gasteiger partial charge in [0.05, 0.1) is 17.6 Å². The number of azide groups is 1. The second-order valence-electron chi connectivity index (χ2n) is 8.27. The maximum Gasteiger partial charge on any atom is 0.396 e. The van der Waals surface area contributed by atoms with Gasteiger partial charge in [-0.05, 0) is 36.9 Å². The maximum atomic E-state index is 14.4. The Kier molecular flexibility index (Phi) is 8.34. The van der Waals surface area contributed by atoms with Crippen molar-refractivity contribution in [1.29, 1.82) is 0 Å². The van der Waals surface area contributed by atoms with Crippen LogP contribution >= 0.6 is 0 Å². The van der Waals surface area contributed by atoms with Crippen LogP contribution in [0.5, 0.6) is 0 Å². The molecule has 1 aromatic carbocycles. The van der Waals surface area contributed by atoms with E-state index >= 15 is 0 Å². The highest BCUT2D eigenvalue weighted by Crippen LogP contribution is 2.45. The number of nitrogens with two attached hydrogens (primary N) is 1. The lowest BCUT2D eigenvalue weighted by Gasteiger charge is -2.52. The molecule has 0 saturated carbocycles. The number of nitrogens with one attached hydrogen (secondary N) is 1. The zero-order valence-corrected chi connectivity index (χ0v) is 18.7. The lowest BCUT2D eigenvalue weighted by Crippen LogP contribution is -2.72. The Morgan fingerprint density at radius 1 is 1.36 bits per heavy atom. The molecule has 33 heavy (non-hydrogen) atoms. The Labute approximate surface area is 189 Å². The van der Waals surface area contributed by atoms with Crippen LogP contribution in [-0.4, -0.2) is 48.1 Å². The van der Waals surface area contributed by atoms with Gasteiger partial charge in [-0.25, -0.2) is 4.79 Å². The molecule has 1 aliphatic rings. The van der Waals surface area contributed by atoms with Gasteiger partial charge in [-0.2, -0.15) is 13.2 Å². The zero-order chi connectivity index (χ0) is 25.0. The van der Waals surface area contributed by atoms with Gasteiger partial charge in [0.1, 0.15) is 18.1 Å². The molecule has 0 aromatic heterocycles. The molecule has 2 unspecified atom stereocenters. The van der Waals surface area contributed by atoms with E-state index in [1.54, 1.807) is 32.0 Å². The van der Waals surface area contributed by atoms with Crippen LogP contribution in [0.2, 0.25) is 0 Å². The minimum Gasteiger partial charge on any atom is -0.456 e. The van der Waals surface area contributed by atoms with Crippen molar-refractivity contribution >= 4 is 11.9 Å². The number of halogens is 3. The molecular weight excluding hydrogens is 443 g/mol. The molecule has 182 valence electrons. The Morgan fingerprint density at radius 2 is 1.97 bits per heavy atom. The van der Waals surface area contributed by atoms with Gasteiger partial charge in [0.15, 0.2) is 5.72 Å². The van der Waals surface area contributed by atoms with Crippen LogP contribution in [0.25, 0.3) is 10.4 Å². The first-order chi connectivity index (χ1) is 15.4. The summed E-state index contributed by atoms with van der Waals surface area (Å²) in [5.74, 6) is -4.49. The van der Waals surface area contributed by atoms with Gasteiger partial charge in [0.2, 0.25) is 5.91 Å². The first-order valence-corrected chi connectivity index (χ1v) is 10.4. The van der Waals surface area contributed by atoms with E-state index in [0.29, 0.717) is 6.42 Å². The number of carbonyl (C=O) groups excluding carboxylic acids is 2. The largest absolute Gasteiger partial charge is 0.456 e. The van der Waals surface area contributed by atoms with E-state index < -0.39 is 59.9 Å². The van der Waals surface area contributed by atoms with E-state index in [1.165, 1.54) is 19.1 Å². The predicted molar refractivity (Wildman–Crippen MR) is 113 cm³/mol. The molecule has 1 amide bonds. The van der Waals surface area contributed by atoms with Crippen molar-refractivity contribution in [3.8, 4) is 0 Å². The summed E-state index contributed by atoms with van der Waals surface area (Å²) in [7, 11) is 0. The normalized spacial score (nSPS) is 29.3. The van der Waals surface area contributed by atoms with Crippen molar-refractivity contribution < 1.29 is 32.2 Å². The minimum atomic E-state index is -4.89. The SMILES string of the molecule is CC[C@@H](C)[C@@H](OC(=O)c1ccccc1)C1O[C@@](C)(N=[N+]=[N-])C(N)[C@H](NC(C)=O)[C@H]1C(F)(F)F. The van der Waals surface area contributed by atoms with Gasteiger partial charge < -0.3 is 20.5 Å². The lowest BCUT2D eigenvalue weighted by molar-refractivity contribution is -0.282. The molecule has 1 aliphatic heterocycles. The third kappa shape index (κ3) is 5.95. The third-order valence-corrected chi connectivity index (χ3v) is 5.89. The van der Waals surface area contributed by atoms with E-state index in [9.17, 15) is 22.8 Å².